The minimum Gasteiger partial charge on any atom is -0.366 e. The number of nitrogens with two attached hydrogens (primary N) is 1. The van der Waals surface area contributed by atoms with Crippen molar-refractivity contribution in [3.63, 3.8) is 0 Å². The Morgan fingerprint density at radius 3 is 2.85 bits per heavy atom. The number of aromatic amines is 1. The van der Waals surface area contributed by atoms with E-state index in [0.29, 0.717) is 5.56 Å². The lowest BCUT2D eigenvalue weighted by atomic mass is 9.98. The highest BCUT2D eigenvalue weighted by atomic mass is 16.1. The van der Waals surface area contributed by atoms with Crippen LogP contribution >= 0.6 is 0 Å². The molecular formula is C21H24N4O. The van der Waals surface area contributed by atoms with Gasteiger partial charge in [-0.15, -0.1) is 0 Å². The summed E-state index contributed by atoms with van der Waals surface area (Å²) >= 11 is 0. The molecule has 5 nitrogen and oxygen atoms in total. The van der Waals surface area contributed by atoms with Gasteiger partial charge in [0.05, 0.1) is 0 Å². The van der Waals surface area contributed by atoms with Gasteiger partial charge >= 0.3 is 0 Å². The number of carbonyl (C=O) groups is 1. The van der Waals surface area contributed by atoms with Crippen molar-refractivity contribution in [3.05, 3.63) is 53.9 Å². The minimum absolute atomic E-state index is 0.403. The fourth-order valence-electron chi connectivity index (χ4n) is 3.98. The van der Waals surface area contributed by atoms with E-state index >= 15 is 0 Å². The summed E-state index contributed by atoms with van der Waals surface area (Å²) in [4.78, 5) is 21.9. The number of hydrogen-bond donors (Lipinski definition) is 2. The first kappa shape index (κ1) is 16.8. The average molecular weight is 348 g/mol. The number of hydrogen-bond acceptors (Lipinski definition) is 3. The standard InChI is InChI=1S/C21H24N4O/c1-14-4-3-11-25(12-14)13-18-19(17-5-2-10-23-21(17)24-18)15-6-8-16(9-7-15)20(22)26/h2,5-10,14H,3-4,11-13H2,1H3,(H2,22,26)(H,23,24). The van der Waals surface area contributed by atoms with E-state index in [-0.39, 0.29) is 0 Å². The normalized spacial score (nSPS) is 18.3. The molecule has 26 heavy (non-hydrogen) atoms. The molecule has 2 aromatic heterocycles. The first-order chi connectivity index (χ1) is 12.6. The van der Waals surface area contributed by atoms with E-state index in [1.165, 1.54) is 24.1 Å². The summed E-state index contributed by atoms with van der Waals surface area (Å²) in [5.74, 6) is 0.337. The summed E-state index contributed by atoms with van der Waals surface area (Å²) in [5, 5.41) is 1.11. The number of rotatable bonds is 4. The zero-order valence-electron chi connectivity index (χ0n) is 15.0. The molecule has 0 bridgehead atoms. The molecule has 0 radical (unpaired) electrons. The number of amides is 1. The number of aromatic nitrogens is 2. The highest BCUT2D eigenvalue weighted by Crippen LogP contribution is 2.33. The number of nitrogens with one attached hydrogen (secondary N) is 1. The van der Waals surface area contributed by atoms with Crippen LogP contribution in [0.25, 0.3) is 22.2 Å². The maximum absolute atomic E-state index is 11.4. The Labute approximate surface area is 153 Å². The van der Waals surface area contributed by atoms with Crippen molar-refractivity contribution in [1.82, 2.24) is 14.9 Å². The summed E-state index contributed by atoms with van der Waals surface area (Å²) in [5.41, 5.74) is 10.2. The summed E-state index contributed by atoms with van der Waals surface area (Å²) in [6.07, 6.45) is 4.38. The molecule has 0 aliphatic carbocycles. The lowest BCUT2D eigenvalue weighted by Gasteiger charge is -2.30. The Hall–Kier alpha value is -2.66. The Kier molecular flexibility index (Phi) is 4.47. The van der Waals surface area contributed by atoms with Crippen LogP contribution < -0.4 is 5.73 Å². The summed E-state index contributed by atoms with van der Waals surface area (Å²) in [7, 11) is 0. The summed E-state index contributed by atoms with van der Waals surface area (Å²) < 4.78 is 0. The molecule has 1 atom stereocenters. The van der Waals surface area contributed by atoms with Crippen molar-refractivity contribution in [1.29, 1.82) is 0 Å². The van der Waals surface area contributed by atoms with Gasteiger partial charge < -0.3 is 10.7 Å². The maximum atomic E-state index is 11.4. The molecular weight excluding hydrogens is 324 g/mol. The lowest BCUT2D eigenvalue weighted by molar-refractivity contribution is 0.100. The number of nitrogens with zero attached hydrogens (tertiary/aromatic N) is 2. The molecule has 134 valence electrons. The number of H-pyrrole nitrogens is 1. The molecule has 3 aromatic rings. The van der Waals surface area contributed by atoms with Crippen LogP contribution in [-0.2, 0) is 6.54 Å². The van der Waals surface area contributed by atoms with E-state index in [9.17, 15) is 4.79 Å². The average Bonchev–Trinajstić information content (AvgIpc) is 2.99. The Morgan fingerprint density at radius 1 is 1.31 bits per heavy atom. The van der Waals surface area contributed by atoms with Crippen molar-refractivity contribution in [2.24, 2.45) is 11.7 Å². The molecule has 4 rings (SSSR count). The van der Waals surface area contributed by atoms with E-state index in [0.717, 1.165) is 42.1 Å². The topological polar surface area (TPSA) is 75.0 Å². The molecule has 1 aliphatic heterocycles. The van der Waals surface area contributed by atoms with Crippen LogP contribution in [0.2, 0.25) is 0 Å². The predicted octanol–water partition coefficient (Wildman–Crippen LogP) is 3.56. The van der Waals surface area contributed by atoms with Gasteiger partial charge in [0.1, 0.15) is 5.65 Å². The first-order valence-corrected chi connectivity index (χ1v) is 9.20. The third-order valence-electron chi connectivity index (χ3n) is 5.23. The number of carbonyl (C=O) groups excluding carboxylic acids is 1. The van der Waals surface area contributed by atoms with Crippen LogP contribution in [0.15, 0.2) is 42.6 Å². The molecule has 1 aromatic carbocycles. The SMILES string of the molecule is CC1CCCN(Cc2[nH]c3ncccc3c2-c2ccc(C(N)=O)cc2)C1. The molecule has 3 heterocycles. The largest absolute Gasteiger partial charge is 0.366 e. The fraction of sp³-hybridized carbons (Fsp3) is 0.333. The Balaban J connectivity index is 1.75. The number of primary amides is 1. The van der Waals surface area contributed by atoms with Gasteiger partial charge in [0.2, 0.25) is 5.91 Å². The monoisotopic (exact) mass is 348 g/mol. The summed E-state index contributed by atoms with van der Waals surface area (Å²) in [6.45, 7) is 5.46. The quantitative estimate of drug-likeness (QED) is 0.757. The van der Waals surface area contributed by atoms with Crippen LogP contribution in [-0.4, -0.2) is 33.9 Å². The molecule has 0 saturated carbocycles. The molecule has 1 unspecified atom stereocenters. The Morgan fingerprint density at radius 2 is 2.12 bits per heavy atom. The smallest absolute Gasteiger partial charge is 0.248 e. The fourth-order valence-corrected chi connectivity index (χ4v) is 3.98. The van der Waals surface area contributed by atoms with E-state index in [2.05, 4.69) is 27.9 Å². The second-order valence-corrected chi connectivity index (χ2v) is 7.30. The highest BCUT2D eigenvalue weighted by Gasteiger charge is 2.20. The van der Waals surface area contributed by atoms with Crippen molar-refractivity contribution in [2.45, 2.75) is 26.3 Å². The van der Waals surface area contributed by atoms with Gasteiger partial charge in [-0.25, -0.2) is 4.98 Å². The van der Waals surface area contributed by atoms with E-state index < -0.39 is 5.91 Å². The molecule has 1 amide bonds. The van der Waals surface area contributed by atoms with E-state index in [1.807, 2.05) is 24.4 Å². The van der Waals surface area contributed by atoms with Crippen LogP contribution in [0, 0.1) is 5.92 Å². The molecule has 1 fully saturated rings. The van der Waals surface area contributed by atoms with Crippen LogP contribution in [0.1, 0.15) is 35.8 Å². The van der Waals surface area contributed by atoms with Crippen molar-refractivity contribution >= 4 is 16.9 Å². The van der Waals surface area contributed by atoms with Gasteiger partial charge in [0.25, 0.3) is 0 Å². The number of fused-ring (bicyclic) bond motifs is 1. The number of piperidine rings is 1. The maximum Gasteiger partial charge on any atom is 0.248 e. The number of likely N-dealkylation sites (tertiary alicyclic amines) is 1. The zero-order valence-corrected chi connectivity index (χ0v) is 15.0. The van der Waals surface area contributed by atoms with Crippen molar-refractivity contribution in [3.8, 4) is 11.1 Å². The third-order valence-corrected chi connectivity index (χ3v) is 5.23. The van der Waals surface area contributed by atoms with E-state index in [1.54, 1.807) is 12.1 Å². The van der Waals surface area contributed by atoms with Crippen molar-refractivity contribution < 1.29 is 4.79 Å². The van der Waals surface area contributed by atoms with Gasteiger partial charge in [0.15, 0.2) is 0 Å². The first-order valence-electron chi connectivity index (χ1n) is 9.20. The molecule has 1 aliphatic rings. The van der Waals surface area contributed by atoms with E-state index in [4.69, 9.17) is 5.73 Å². The zero-order chi connectivity index (χ0) is 18.1. The minimum atomic E-state index is -0.403. The van der Waals surface area contributed by atoms with Gasteiger partial charge in [-0.05, 0) is 55.1 Å². The molecule has 3 N–H and O–H groups in total. The second kappa shape index (κ2) is 6.92. The van der Waals surface area contributed by atoms with Crippen LogP contribution in [0.5, 0.6) is 0 Å². The van der Waals surface area contributed by atoms with Gasteiger partial charge in [-0.1, -0.05) is 19.1 Å². The molecule has 5 heteroatoms. The Bertz CT molecular complexity index is 929. The highest BCUT2D eigenvalue weighted by molar-refractivity contribution is 5.97. The van der Waals surface area contributed by atoms with Gasteiger partial charge in [-0.3, -0.25) is 9.69 Å². The lowest BCUT2D eigenvalue weighted by Crippen LogP contribution is -2.33. The summed E-state index contributed by atoms with van der Waals surface area (Å²) in [6, 6.07) is 11.6. The number of pyridine rings is 1. The van der Waals surface area contributed by atoms with Crippen LogP contribution in [0.4, 0.5) is 0 Å². The van der Waals surface area contributed by atoms with Gasteiger partial charge in [-0.2, -0.15) is 0 Å². The third kappa shape index (κ3) is 3.22. The predicted molar refractivity (Wildman–Crippen MR) is 104 cm³/mol. The second-order valence-electron chi connectivity index (χ2n) is 7.30. The molecule has 1 saturated heterocycles. The van der Waals surface area contributed by atoms with Crippen LogP contribution in [0.3, 0.4) is 0 Å². The van der Waals surface area contributed by atoms with Crippen molar-refractivity contribution in [2.75, 3.05) is 13.1 Å². The number of benzene rings is 1. The molecule has 0 spiro atoms. The van der Waals surface area contributed by atoms with Gasteiger partial charge in [0, 0.05) is 41.5 Å².